The maximum absolute atomic E-state index is 12.1. The largest absolute Gasteiger partial charge is 0.355 e. The summed E-state index contributed by atoms with van der Waals surface area (Å²) in [5.41, 5.74) is 1.51. The van der Waals surface area contributed by atoms with Crippen LogP contribution in [-0.4, -0.2) is 17.5 Å². The number of carbonyl (C=O) groups excluding carboxylic acids is 1. The molecule has 4 nitrogen and oxygen atoms in total. The Kier molecular flexibility index (Phi) is 4.87. The molecule has 1 heterocycles. The molecule has 2 rings (SSSR count). The summed E-state index contributed by atoms with van der Waals surface area (Å²) in [5.74, 6) is -0.339. The van der Waals surface area contributed by atoms with E-state index in [0.717, 1.165) is 16.5 Å². The van der Waals surface area contributed by atoms with Gasteiger partial charge in [-0.15, -0.1) is 0 Å². The van der Waals surface area contributed by atoms with Crippen LogP contribution in [0.4, 0.5) is 0 Å². The summed E-state index contributed by atoms with van der Waals surface area (Å²) in [5, 5.41) is 3.43. The highest BCUT2D eigenvalue weighted by molar-refractivity contribution is 5.99. The van der Waals surface area contributed by atoms with Crippen LogP contribution in [0.25, 0.3) is 10.9 Å². The third kappa shape index (κ3) is 2.52. The molecule has 0 unspecified atom stereocenters. The van der Waals surface area contributed by atoms with Gasteiger partial charge in [-0.05, 0) is 18.6 Å². The molecule has 1 amide bonds. The Labute approximate surface area is 113 Å². The van der Waals surface area contributed by atoms with E-state index in [0.29, 0.717) is 0 Å². The van der Waals surface area contributed by atoms with Crippen molar-refractivity contribution in [3.8, 4) is 0 Å². The molecule has 1 N–H and O–H groups in total. The van der Waals surface area contributed by atoms with Crippen LogP contribution < -0.4 is 10.9 Å². The predicted octanol–water partition coefficient (Wildman–Crippen LogP) is 2.23. The van der Waals surface area contributed by atoms with E-state index in [1.54, 1.807) is 14.0 Å². The molecule has 4 heteroatoms. The molecule has 19 heavy (non-hydrogen) atoms. The molecule has 0 fully saturated rings. The van der Waals surface area contributed by atoms with Crippen molar-refractivity contribution in [2.45, 2.75) is 20.8 Å². The number of hydrogen-bond acceptors (Lipinski definition) is 2. The van der Waals surface area contributed by atoms with E-state index in [2.05, 4.69) is 5.32 Å². The average molecular weight is 260 g/mol. The lowest BCUT2D eigenvalue weighted by atomic mass is 10.0. The lowest BCUT2D eigenvalue weighted by molar-refractivity contribution is 0.0960. The Hall–Kier alpha value is -2.10. The van der Waals surface area contributed by atoms with Crippen LogP contribution in [0.3, 0.4) is 0 Å². The van der Waals surface area contributed by atoms with Crippen molar-refractivity contribution in [2.75, 3.05) is 7.05 Å². The molecule has 1 aromatic heterocycles. The van der Waals surface area contributed by atoms with Crippen LogP contribution in [0, 0.1) is 6.92 Å². The molecule has 102 valence electrons. The first-order valence-corrected chi connectivity index (χ1v) is 6.38. The van der Waals surface area contributed by atoms with Crippen molar-refractivity contribution in [1.82, 2.24) is 9.88 Å². The molecule has 0 aliphatic carbocycles. The second kappa shape index (κ2) is 6.18. The van der Waals surface area contributed by atoms with E-state index in [1.165, 1.54) is 11.6 Å². The van der Waals surface area contributed by atoms with Crippen molar-refractivity contribution in [2.24, 2.45) is 7.05 Å². The number of aryl methyl sites for hydroxylation is 2. The first-order valence-electron chi connectivity index (χ1n) is 6.38. The SMILES string of the molecule is CC.CNC(=O)c1c(C)c2ccccc2n(C)c1=O. The number of hydrogen-bond donors (Lipinski definition) is 1. The van der Waals surface area contributed by atoms with E-state index < -0.39 is 0 Å². The molecule has 0 saturated heterocycles. The number of fused-ring (bicyclic) bond motifs is 1. The number of benzene rings is 1. The monoisotopic (exact) mass is 260 g/mol. The molecule has 0 bridgehead atoms. The van der Waals surface area contributed by atoms with E-state index in [-0.39, 0.29) is 17.0 Å². The quantitative estimate of drug-likeness (QED) is 0.855. The van der Waals surface area contributed by atoms with Gasteiger partial charge in [0.2, 0.25) is 0 Å². The zero-order valence-corrected chi connectivity index (χ0v) is 12.1. The van der Waals surface area contributed by atoms with Gasteiger partial charge in [-0.2, -0.15) is 0 Å². The number of pyridine rings is 1. The highest BCUT2D eigenvalue weighted by atomic mass is 16.2. The highest BCUT2D eigenvalue weighted by Crippen LogP contribution is 2.18. The van der Waals surface area contributed by atoms with Gasteiger partial charge >= 0.3 is 0 Å². The van der Waals surface area contributed by atoms with Gasteiger partial charge in [0.15, 0.2) is 0 Å². The second-order valence-electron chi connectivity index (χ2n) is 3.96. The zero-order valence-electron chi connectivity index (χ0n) is 12.1. The van der Waals surface area contributed by atoms with E-state index in [1.807, 2.05) is 38.1 Å². The summed E-state index contributed by atoms with van der Waals surface area (Å²) >= 11 is 0. The minimum Gasteiger partial charge on any atom is -0.355 e. The van der Waals surface area contributed by atoms with Crippen molar-refractivity contribution in [3.63, 3.8) is 0 Å². The number of nitrogens with zero attached hydrogens (tertiary/aromatic N) is 1. The summed E-state index contributed by atoms with van der Waals surface area (Å²) in [6, 6.07) is 7.56. The molecule has 0 radical (unpaired) electrons. The van der Waals surface area contributed by atoms with Gasteiger partial charge in [-0.1, -0.05) is 32.0 Å². The normalized spacial score (nSPS) is 9.74. The van der Waals surface area contributed by atoms with Gasteiger partial charge in [0.25, 0.3) is 11.5 Å². The zero-order chi connectivity index (χ0) is 14.6. The van der Waals surface area contributed by atoms with E-state index >= 15 is 0 Å². The van der Waals surface area contributed by atoms with Gasteiger partial charge in [-0.25, -0.2) is 0 Å². The number of carbonyl (C=O) groups is 1. The Morgan fingerprint density at radius 3 is 2.37 bits per heavy atom. The third-order valence-electron chi connectivity index (χ3n) is 3.02. The van der Waals surface area contributed by atoms with Crippen molar-refractivity contribution < 1.29 is 4.79 Å². The summed E-state index contributed by atoms with van der Waals surface area (Å²) in [7, 11) is 3.20. The van der Waals surface area contributed by atoms with Crippen molar-refractivity contribution >= 4 is 16.8 Å². The number of rotatable bonds is 1. The van der Waals surface area contributed by atoms with Gasteiger partial charge in [0.1, 0.15) is 5.56 Å². The number of amides is 1. The first kappa shape index (κ1) is 15.0. The highest BCUT2D eigenvalue weighted by Gasteiger charge is 2.16. The average Bonchev–Trinajstić information content (AvgIpc) is 2.47. The predicted molar refractivity (Wildman–Crippen MR) is 78.7 cm³/mol. The summed E-state index contributed by atoms with van der Waals surface area (Å²) in [6.45, 7) is 5.80. The van der Waals surface area contributed by atoms with Gasteiger partial charge < -0.3 is 9.88 Å². The second-order valence-corrected chi connectivity index (χ2v) is 3.96. The molecule has 0 spiro atoms. The van der Waals surface area contributed by atoms with E-state index in [4.69, 9.17) is 0 Å². The summed E-state index contributed by atoms with van der Waals surface area (Å²) < 4.78 is 1.51. The molecular weight excluding hydrogens is 240 g/mol. The van der Waals surface area contributed by atoms with Crippen LogP contribution in [0.15, 0.2) is 29.1 Å². The molecular formula is C15H20N2O2. The lowest BCUT2D eigenvalue weighted by Gasteiger charge is -2.11. The fraction of sp³-hybridized carbons (Fsp3) is 0.333. The standard InChI is InChI=1S/C13H14N2O2.C2H6/c1-8-9-6-4-5-7-10(9)15(3)13(17)11(8)12(16)14-2;1-2/h4-7H,1-3H3,(H,14,16);1-2H3. The minimum atomic E-state index is -0.339. The minimum absolute atomic E-state index is 0.216. The number of aromatic nitrogens is 1. The molecule has 1 aromatic carbocycles. The van der Waals surface area contributed by atoms with Crippen LogP contribution in [-0.2, 0) is 7.05 Å². The fourth-order valence-electron chi connectivity index (χ4n) is 2.05. The van der Waals surface area contributed by atoms with E-state index in [9.17, 15) is 9.59 Å². The molecule has 2 aromatic rings. The summed E-state index contributed by atoms with van der Waals surface area (Å²) in [6.07, 6.45) is 0. The van der Waals surface area contributed by atoms with Crippen LogP contribution in [0.1, 0.15) is 29.8 Å². The first-order chi connectivity index (χ1) is 9.07. The Morgan fingerprint density at radius 2 is 1.79 bits per heavy atom. The lowest BCUT2D eigenvalue weighted by Crippen LogP contribution is -2.31. The third-order valence-corrected chi connectivity index (χ3v) is 3.02. The Morgan fingerprint density at radius 1 is 1.21 bits per heavy atom. The maximum atomic E-state index is 12.1. The molecule has 0 saturated carbocycles. The molecule has 0 atom stereocenters. The maximum Gasteiger partial charge on any atom is 0.263 e. The van der Waals surface area contributed by atoms with Gasteiger partial charge in [-0.3, -0.25) is 9.59 Å². The van der Waals surface area contributed by atoms with Gasteiger partial charge in [0, 0.05) is 19.5 Å². The summed E-state index contributed by atoms with van der Waals surface area (Å²) in [4.78, 5) is 23.8. The van der Waals surface area contributed by atoms with Crippen molar-refractivity contribution in [1.29, 1.82) is 0 Å². The van der Waals surface area contributed by atoms with Crippen LogP contribution >= 0.6 is 0 Å². The van der Waals surface area contributed by atoms with Gasteiger partial charge in [0.05, 0.1) is 5.52 Å². The fourth-order valence-corrected chi connectivity index (χ4v) is 2.05. The topological polar surface area (TPSA) is 51.1 Å². The molecule has 0 aliphatic rings. The van der Waals surface area contributed by atoms with Crippen LogP contribution in [0.2, 0.25) is 0 Å². The number of nitrogens with one attached hydrogen (secondary N) is 1. The Balaban J connectivity index is 0.000000861. The molecule has 0 aliphatic heterocycles. The smallest absolute Gasteiger partial charge is 0.263 e. The van der Waals surface area contributed by atoms with Crippen LogP contribution in [0.5, 0.6) is 0 Å². The van der Waals surface area contributed by atoms with Crippen molar-refractivity contribution in [3.05, 3.63) is 45.7 Å². The number of para-hydroxylation sites is 1. The Bertz CT molecular complexity index is 657.